The summed E-state index contributed by atoms with van der Waals surface area (Å²) >= 11 is 5.87. The van der Waals surface area contributed by atoms with Crippen molar-refractivity contribution in [3.63, 3.8) is 0 Å². The third-order valence-corrected chi connectivity index (χ3v) is 5.17. The van der Waals surface area contributed by atoms with Crippen LogP contribution in [0.25, 0.3) is 0 Å². The fraction of sp³-hybridized carbons (Fsp3) is 0.462. The average molecular weight is 338 g/mol. The molecule has 0 atom stereocenters. The summed E-state index contributed by atoms with van der Waals surface area (Å²) in [7, 11) is -1.01. The zero-order chi connectivity index (χ0) is 16.0. The van der Waals surface area contributed by atoms with Gasteiger partial charge < -0.3 is 4.74 Å². The highest BCUT2D eigenvalue weighted by atomic mass is 35.5. The molecule has 0 N–H and O–H groups in total. The molecule has 5 nitrogen and oxygen atoms in total. The molecule has 1 aromatic carbocycles. The van der Waals surface area contributed by atoms with Gasteiger partial charge in [-0.2, -0.15) is 0 Å². The molecule has 0 unspecified atom stereocenters. The number of carbonyl (C=O) groups is 1. The summed E-state index contributed by atoms with van der Waals surface area (Å²) in [4.78, 5) is 11.0. The van der Waals surface area contributed by atoms with E-state index in [4.69, 9.17) is 11.6 Å². The van der Waals surface area contributed by atoms with Gasteiger partial charge in [0.05, 0.1) is 12.9 Å². The van der Waals surface area contributed by atoms with Gasteiger partial charge in [-0.05, 0) is 18.6 Å². The molecule has 0 aliphatic heterocycles. The molecule has 1 rings (SSSR count). The van der Waals surface area contributed by atoms with Crippen molar-refractivity contribution in [3.8, 4) is 0 Å². The summed E-state index contributed by atoms with van der Waals surface area (Å²) in [5, 5.41) is 0.173. The normalized spacial score (nSPS) is 11.7. The predicted octanol–water partition coefficient (Wildman–Crippen LogP) is 2.19. The zero-order valence-corrected chi connectivity index (χ0v) is 13.4. The number of carbonyl (C=O) groups excluding carboxylic acids is 1. The fourth-order valence-electron chi connectivity index (χ4n) is 1.66. The summed E-state index contributed by atoms with van der Waals surface area (Å²) in [6.45, 7) is -0.161. The molecule has 118 valence electrons. The highest BCUT2D eigenvalue weighted by Gasteiger charge is 2.20. The van der Waals surface area contributed by atoms with Crippen molar-refractivity contribution in [2.24, 2.45) is 0 Å². The first-order valence-corrected chi connectivity index (χ1v) is 8.20. The number of esters is 1. The van der Waals surface area contributed by atoms with Gasteiger partial charge in [0, 0.05) is 30.6 Å². The van der Waals surface area contributed by atoms with E-state index >= 15 is 0 Å². The van der Waals surface area contributed by atoms with Crippen LogP contribution in [0.4, 0.5) is 4.39 Å². The monoisotopic (exact) mass is 337 g/mol. The molecule has 8 heteroatoms. The van der Waals surface area contributed by atoms with E-state index < -0.39 is 21.8 Å². The largest absolute Gasteiger partial charge is 0.469 e. The Kier molecular flexibility index (Phi) is 6.57. The van der Waals surface area contributed by atoms with E-state index in [9.17, 15) is 17.6 Å². The maximum Gasteiger partial charge on any atom is 0.305 e. The second-order valence-corrected chi connectivity index (χ2v) is 7.05. The predicted molar refractivity (Wildman–Crippen MR) is 77.9 cm³/mol. The van der Waals surface area contributed by atoms with E-state index in [1.807, 2.05) is 0 Å². The number of nitrogens with zero attached hydrogens (tertiary/aromatic N) is 1. The molecular formula is C13H17ClFNO4S. The van der Waals surface area contributed by atoms with Crippen molar-refractivity contribution in [2.75, 3.05) is 19.9 Å². The number of sulfonamides is 1. The number of hydrogen-bond acceptors (Lipinski definition) is 4. The van der Waals surface area contributed by atoms with E-state index in [-0.39, 0.29) is 35.7 Å². The van der Waals surface area contributed by atoms with E-state index in [1.165, 1.54) is 32.4 Å². The first-order valence-electron chi connectivity index (χ1n) is 6.21. The summed E-state index contributed by atoms with van der Waals surface area (Å²) in [6.07, 6.45) is 0.161. The molecule has 0 bridgehead atoms. The van der Waals surface area contributed by atoms with Crippen LogP contribution in [0.2, 0.25) is 5.02 Å². The van der Waals surface area contributed by atoms with Crippen LogP contribution in [-0.4, -0.2) is 38.6 Å². The molecular weight excluding hydrogens is 321 g/mol. The molecule has 0 fully saturated rings. The van der Waals surface area contributed by atoms with Gasteiger partial charge >= 0.3 is 5.97 Å². The summed E-state index contributed by atoms with van der Waals surface area (Å²) in [6, 6.07) is 4.17. The van der Waals surface area contributed by atoms with Crippen LogP contribution in [0.3, 0.4) is 0 Å². The van der Waals surface area contributed by atoms with Gasteiger partial charge in [-0.1, -0.05) is 17.7 Å². The minimum atomic E-state index is -3.60. The van der Waals surface area contributed by atoms with E-state index in [0.29, 0.717) is 0 Å². The molecule has 0 saturated carbocycles. The van der Waals surface area contributed by atoms with Crippen LogP contribution in [0.15, 0.2) is 18.2 Å². The third-order valence-electron chi connectivity index (χ3n) is 2.93. The lowest BCUT2D eigenvalue weighted by Gasteiger charge is -2.18. The Labute approximate surface area is 128 Å². The highest BCUT2D eigenvalue weighted by Crippen LogP contribution is 2.21. The number of benzene rings is 1. The summed E-state index contributed by atoms with van der Waals surface area (Å²) in [5.74, 6) is -1.24. The van der Waals surface area contributed by atoms with Crippen molar-refractivity contribution in [2.45, 2.75) is 19.4 Å². The molecule has 0 saturated heterocycles. The molecule has 0 heterocycles. The van der Waals surface area contributed by atoms with Gasteiger partial charge in [-0.25, -0.2) is 17.1 Å². The van der Waals surface area contributed by atoms with Gasteiger partial charge in [0.1, 0.15) is 5.82 Å². The van der Waals surface area contributed by atoms with Crippen LogP contribution >= 0.6 is 11.6 Å². The summed E-state index contributed by atoms with van der Waals surface area (Å²) < 4.78 is 43.2. The Hall–Kier alpha value is -1.18. The zero-order valence-electron chi connectivity index (χ0n) is 11.8. The minimum Gasteiger partial charge on any atom is -0.469 e. The number of rotatable bonds is 7. The van der Waals surface area contributed by atoms with Crippen LogP contribution in [0, 0.1) is 5.82 Å². The quantitative estimate of drug-likeness (QED) is 0.715. The molecule has 0 aliphatic rings. The number of halogens is 2. The SMILES string of the molecule is COC(=O)CCCS(=O)(=O)N(C)Cc1c(F)cccc1Cl. The van der Waals surface area contributed by atoms with Gasteiger partial charge in [0.25, 0.3) is 0 Å². The second-order valence-electron chi connectivity index (χ2n) is 4.45. The van der Waals surface area contributed by atoms with Crippen LogP contribution < -0.4 is 0 Å². The van der Waals surface area contributed by atoms with E-state index in [1.54, 1.807) is 0 Å². The van der Waals surface area contributed by atoms with Crippen molar-refractivity contribution >= 4 is 27.6 Å². The minimum absolute atomic E-state index is 0.0179. The third kappa shape index (κ3) is 5.26. The van der Waals surface area contributed by atoms with Gasteiger partial charge in [-0.3, -0.25) is 4.79 Å². The number of ether oxygens (including phenoxy) is 1. The molecule has 1 aromatic rings. The Balaban J connectivity index is 2.69. The maximum atomic E-state index is 13.6. The Bertz CT molecular complexity index is 586. The summed E-state index contributed by atoms with van der Waals surface area (Å²) in [5.41, 5.74) is 0.123. The fourth-order valence-corrected chi connectivity index (χ4v) is 3.03. The van der Waals surface area contributed by atoms with Crippen molar-refractivity contribution in [1.82, 2.24) is 4.31 Å². The molecule has 0 amide bonds. The van der Waals surface area contributed by atoms with Gasteiger partial charge in [0.15, 0.2) is 0 Å². The van der Waals surface area contributed by atoms with Crippen molar-refractivity contribution < 1.29 is 22.3 Å². The Morgan fingerprint density at radius 2 is 2.10 bits per heavy atom. The second kappa shape index (κ2) is 7.72. The standard InChI is InChI=1S/C13H17ClFNO4S/c1-16(9-10-11(14)5-3-6-12(10)15)21(18,19)8-4-7-13(17)20-2/h3,5-6H,4,7-9H2,1-2H3. The maximum absolute atomic E-state index is 13.6. The van der Waals surface area contributed by atoms with Crippen LogP contribution in [-0.2, 0) is 26.1 Å². The van der Waals surface area contributed by atoms with Crippen LogP contribution in [0.5, 0.6) is 0 Å². The van der Waals surface area contributed by atoms with E-state index in [2.05, 4.69) is 4.74 Å². The molecule has 21 heavy (non-hydrogen) atoms. The van der Waals surface area contributed by atoms with E-state index in [0.717, 1.165) is 4.31 Å². The van der Waals surface area contributed by atoms with Gasteiger partial charge in [0.2, 0.25) is 10.0 Å². The first-order chi connectivity index (χ1) is 9.77. The molecule has 0 radical (unpaired) electrons. The average Bonchev–Trinajstić information content (AvgIpc) is 2.42. The highest BCUT2D eigenvalue weighted by molar-refractivity contribution is 7.89. The molecule has 0 aliphatic carbocycles. The molecule has 0 aromatic heterocycles. The lowest BCUT2D eigenvalue weighted by molar-refractivity contribution is -0.140. The van der Waals surface area contributed by atoms with Crippen molar-refractivity contribution in [1.29, 1.82) is 0 Å². The van der Waals surface area contributed by atoms with Crippen LogP contribution in [0.1, 0.15) is 18.4 Å². The smallest absolute Gasteiger partial charge is 0.305 e. The first kappa shape index (κ1) is 17.9. The van der Waals surface area contributed by atoms with Crippen molar-refractivity contribution in [3.05, 3.63) is 34.6 Å². The molecule has 0 spiro atoms. The Morgan fingerprint density at radius 3 is 2.67 bits per heavy atom. The lowest BCUT2D eigenvalue weighted by atomic mass is 10.2. The number of methoxy groups -OCH3 is 1. The topological polar surface area (TPSA) is 63.7 Å². The lowest BCUT2D eigenvalue weighted by Crippen LogP contribution is -2.29. The number of hydrogen-bond donors (Lipinski definition) is 0. The van der Waals surface area contributed by atoms with Gasteiger partial charge in [-0.15, -0.1) is 0 Å². The Morgan fingerprint density at radius 1 is 1.43 bits per heavy atom.